The number of carbonyl (C=O) groups excluding carboxylic acids is 2. The van der Waals surface area contributed by atoms with Gasteiger partial charge >= 0.3 is 0 Å². The molecule has 0 bridgehead atoms. The van der Waals surface area contributed by atoms with E-state index in [0.29, 0.717) is 35.6 Å². The summed E-state index contributed by atoms with van der Waals surface area (Å²) in [6, 6.07) is 12.7. The Bertz CT molecular complexity index is 1950. The van der Waals surface area contributed by atoms with E-state index in [1.54, 1.807) is 47.6 Å². The standard InChI is InChI=1S/C32H30Cl2N6O4S/c1-35-18-31(9-10-31)38-29(41)27-15-23(17-39(27)30(42)32(11-12-32)20-2-4-21(33)5-3-20)45(43,44)28-7-6-22(14-24(28)34)40-19-37-25-16-36-13-8-26(25)40/h2-8,13-14,16,19,23,27H,1,9-12,15,17-18H2,(H,38,41). The van der Waals surface area contributed by atoms with Crippen LogP contribution in [0.1, 0.15) is 37.7 Å². The van der Waals surface area contributed by atoms with Crippen LogP contribution in [0.3, 0.4) is 0 Å². The number of hydrogen-bond acceptors (Lipinski definition) is 7. The molecule has 0 spiro atoms. The predicted octanol–water partition coefficient (Wildman–Crippen LogP) is 4.55. The van der Waals surface area contributed by atoms with Gasteiger partial charge in [-0.05, 0) is 80.8 Å². The second kappa shape index (κ2) is 10.9. The summed E-state index contributed by atoms with van der Waals surface area (Å²) < 4.78 is 30.1. The van der Waals surface area contributed by atoms with E-state index in [9.17, 15) is 18.0 Å². The summed E-state index contributed by atoms with van der Waals surface area (Å²) in [4.78, 5) is 41.8. The molecule has 7 rings (SSSR count). The summed E-state index contributed by atoms with van der Waals surface area (Å²) in [5.74, 6) is -0.630. The number of aromatic nitrogens is 3. The van der Waals surface area contributed by atoms with Gasteiger partial charge in [-0.25, -0.2) is 13.4 Å². The van der Waals surface area contributed by atoms with Gasteiger partial charge in [-0.15, -0.1) is 0 Å². The summed E-state index contributed by atoms with van der Waals surface area (Å²) >= 11 is 12.8. The number of fused-ring (bicyclic) bond motifs is 1. The molecule has 3 fully saturated rings. The molecule has 2 unspecified atom stereocenters. The number of imidazole rings is 1. The Labute approximate surface area is 270 Å². The number of nitrogens with one attached hydrogen (secondary N) is 1. The molecule has 3 heterocycles. The fraction of sp³-hybridized carbons (Fsp3) is 0.344. The first-order valence-electron chi connectivity index (χ1n) is 14.7. The van der Waals surface area contributed by atoms with Gasteiger partial charge in [0.2, 0.25) is 11.8 Å². The van der Waals surface area contributed by atoms with Crippen molar-refractivity contribution < 1.29 is 18.0 Å². The molecule has 1 N–H and O–H groups in total. The first-order valence-corrected chi connectivity index (χ1v) is 17.0. The third-order valence-corrected chi connectivity index (χ3v) is 12.2. The van der Waals surface area contributed by atoms with E-state index in [-0.39, 0.29) is 34.7 Å². The van der Waals surface area contributed by atoms with Gasteiger partial charge in [0.1, 0.15) is 17.9 Å². The van der Waals surface area contributed by atoms with Crippen molar-refractivity contribution in [2.24, 2.45) is 4.99 Å². The number of rotatable bonds is 9. The van der Waals surface area contributed by atoms with Crippen LogP contribution in [0.25, 0.3) is 16.7 Å². The molecule has 232 valence electrons. The van der Waals surface area contributed by atoms with Gasteiger partial charge in [0.05, 0.1) is 44.4 Å². The van der Waals surface area contributed by atoms with Crippen molar-refractivity contribution in [2.45, 2.75) is 59.2 Å². The minimum atomic E-state index is -4.05. The molecule has 2 amide bonds. The Kier molecular flexibility index (Phi) is 7.25. The van der Waals surface area contributed by atoms with E-state index in [1.807, 2.05) is 18.2 Å². The molecule has 45 heavy (non-hydrogen) atoms. The number of likely N-dealkylation sites (tertiary alicyclic amines) is 1. The van der Waals surface area contributed by atoms with E-state index < -0.39 is 32.1 Å². The van der Waals surface area contributed by atoms with E-state index >= 15 is 0 Å². The number of nitrogens with zero attached hydrogens (tertiary/aromatic N) is 5. The number of amides is 2. The highest BCUT2D eigenvalue weighted by Crippen LogP contribution is 2.51. The van der Waals surface area contributed by atoms with Crippen molar-refractivity contribution >= 4 is 62.6 Å². The second-order valence-electron chi connectivity index (χ2n) is 12.2. The Balaban J connectivity index is 1.20. The fourth-order valence-corrected chi connectivity index (χ4v) is 8.81. The molecule has 2 aliphatic carbocycles. The van der Waals surface area contributed by atoms with E-state index in [0.717, 1.165) is 23.9 Å². The smallest absolute Gasteiger partial charge is 0.243 e. The second-order valence-corrected chi connectivity index (χ2v) is 15.3. The van der Waals surface area contributed by atoms with Crippen LogP contribution < -0.4 is 5.32 Å². The topological polar surface area (TPSA) is 127 Å². The monoisotopic (exact) mass is 664 g/mol. The van der Waals surface area contributed by atoms with E-state index in [1.165, 1.54) is 11.0 Å². The average molecular weight is 666 g/mol. The summed E-state index contributed by atoms with van der Waals surface area (Å²) in [7, 11) is -4.05. The SMILES string of the molecule is C=NCC1(NC(=O)C2CC(S(=O)(=O)c3ccc(-n4cnc5cnccc54)cc3Cl)CN2C(=O)C2(c3ccc(Cl)cc3)CC2)CC1. The number of hydrogen-bond donors (Lipinski definition) is 1. The van der Waals surface area contributed by atoms with Crippen LogP contribution in [0.15, 0.2) is 77.1 Å². The largest absolute Gasteiger partial charge is 0.347 e. The molecule has 0 radical (unpaired) electrons. The molecule has 2 saturated carbocycles. The fourth-order valence-electron chi connectivity index (χ4n) is 6.44. The molecule has 13 heteroatoms. The first kappa shape index (κ1) is 29.9. The maximum Gasteiger partial charge on any atom is 0.243 e. The van der Waals surface area contributed by atoms with Crippen LogP contribution in [0.2, 0.25) is 10.0 Å². The van der Waals surface area contributed by atoms with Gasteiger partial charge < -0.3 is 10.2 Å². The molecule has 1 aliphatic heterocycles. The first-order chi connectivity index (χ1) is 21.6. The van der Waals surface area contributed by atoms with E-state index in [4.69, 9.17) is 23.2 Å². The molecule has 2 aromatic heterocycles. The molecule has 2 atom stereocenters. The van der Waals surface area contributed by atoms with Crippen LogP contribution in [0.4, 0.5) is 0 Å². The van der Waals surface area contributed by atoms with Crippen molar-refractivity contribution in [1.29, 1.82) is 0 Å². The quantitative estimate of drug-likeness (QED) is 0.262. The lowest BCUT2D eigenvalue weighted by atomic mass is 9.94. The highest BCUT2D eigenvalue weighted by atomic mass is 35.5. The maximum absolute atomic E-state index is 14.2. The number of halogens is 2. The Morgan fingerprint density at radius 3 is 2.49 bits per heavy atom. The Hall–Kier alpha value is -3.80. The minimum Gasteiger partial charge on any atom is -0.347 e. The molecule has 10 nitrogen and oxygen atoms in total. The minimum absolute atomic E-state index is 0.0444. The van der Waals surface area contributed by atoms with Gasteiger partial charge in [-0.2, -0.15) is 0 Å². The third-order valence-electron chi connectivity index (χ3n) is 9.33. The van der Waals surface area contributed by atoms with Crippen LogP contribution in [0, 0.1) is 0 Å². The van der Waals surface area contributed by atoms with Crippen LogP contribution in [0.5, 0.6) is 0 Å². The molecule has 3 aliphatic rings. The molecule has 1 saturated heterocycles. The predicted molar refractivity (Wildman–Crippen MR) is 172 cm³/mol. The van der Waals surface area contributed by atoms with Gasteiger partial charge in [0.15, 0.2) is 9.84 Å². The highest BCUT2D eigenvalue weighted by molar-refractivity contribution is 7.92. The highest BCUT2D eigenvalue weighted by Gasteiger charge is 2.58. The zero-order chi connectivity index (χ0) is 31.6. The van der Waals surface area contributed by atoms with Crippen molar-refractivity contribution in [3.63, 3.8) is 0 Å². The summed E-state index contributed by atoms with van der Waals surface area (Å²) in [5, 5.41) is 2.62. The van der Waals surface area contributed by atoms with Gasteiger partial charge in [0, 0.05) is 23.5 Å². The maximum atomic E-state index is 14.2. The molecular formula is C32H30Cl2N6O4S. The van der Waals surface area contributed by atoms with Crippen molar-refractivity contribution in [1.82, 2.24) is 24.8 Å². The number of carbonyl (C=O) groups is 2. The number of benzene rings is 2. The summed E-state index contributed by atoms with van der Waals surface area (Å²) in [6.45, 7) is 3.80. The van der Waals surface area contributed by atoms with Crippen LogP contribution in [-0.4, -0.2) is 76.3 Å². The van der Waals surface area contributed by atoms with Crippen LogP contribution >= 0.6 is 23.2 Å². The number of aliphatic imine (C=N–C) groups is 1. The lowest BCUT2D eigenvalue weighted by molar-refractivity contribution is -0.140. The number of sulfone groups is 1. The third kappa shape index (κ3) is 5.20. The lowest BCUT2D eigenvalue weighted by Crippen LogP contribution is -2.52. The van der Waals surface area contributed by atoms with Crippen LogP contribution in [-0.2, 0) is 24.8 Å². The number of pyridine rings is 1. The van der Waals surface area contributed by atoms with Crippen molar-refractivity contribution in [3.8, 4) is 5.69 Å². The summed E-state index contributed by atoms with van der Waals surface area (Å²) in [5.41, 5.74) is 1.62. The van der Waals surface area contributed by atoms with Gasteiger partial charge in [0.25, 0.3) is 0 Å². The Morgan fingerprint density at radius 1 is 1.07 bits per heavy atom. The van der Waals surface area contributed by atoms with Gasteiger partial charge in [-0.1, -0.05) is 35.3 Å². The van der Waals surface area contributed by atoms with Gasteiger partial charge in [-0.3, -0.25) is 24.1 Å². The molecular weight excluding hydrogens is 635 g/mol. The average Bonchev–Trinajstić information content (AvgIpc) is 3.89. The summed E-state index contributed by atoms with van der Waals surface area (Å²) in [6.07, 6.45) is 7.57. The molecule has 2 aromatic carbocycles. The zero-order valence-corrected chi connectivity index (χ0v) is 26.5. The van der Waals surface area contributed by atoms with Crippen molar-refractivity contribution in [3.05, 3.63) is 82.9 Å². The van der Waals surface area contributed by atoms with Crippen molar-refractivity contribution in [2.75, 3.05) is 13.1 Å². The van der Waals surface area contributed by atoms with E-state index in [2.05, 4.69) is 27.0 Å². The Morgan fingerprint density at radius 2 is 1.82 bits per heavy atom. The zero-order valence-electron chi connectivity index (χ0n) is 24.2. The normalized spacial score (nSPS) is 21.4. The lowest BCUT2D eigenvalue weighted by Gasteiger charge is -2.29. The molecule has 4 aromatic rings.